The summed E-state index contributed by atoms with van der Waals surface area (Å²) >= 11 is 0. The summed E-state index contributed by atoms with van der Waals surface area (Å²) in [6, 6.07) is 76.8. The number of benzene rings is 8. The summed E-state index contributed by atoms with van der Waals surface area (Å²) in [5.74, 6) is 1.28. The van der Waals surface area contributed by atoms with E-state index in [0.717, 1.165) is 33.8 Å². The molecule has 0 fully saturated rings. The van der Waals surface area contributed by atoms with E-state index in [1.165, 1.54) is 50.1 Å². The Labute approximate surface area is 383 Å². The van der Waals surface area contributed by atoms with Crippen molar-refractivity contribution in [3.8, 4) is 11.3 Å². The second-order valence-electron chi connectivity index (χ2n) is 14.5. The fourth-order valence-electron chi connectivity index (χ4n) is 7.02. The summed E-state index contributed by atoms with van der Waals surface area (Å²) in [5.41, 5.74) is 13.8. The minimum atomic E-state index is 0. The molecule has 8 aromatic carbocycles. The Morgan fingerprint density at radius 3 is 1.33 bits per heavy atom. The molecule has 0 saturated heterocycles. The number of fused-ring (bicyclic) bond motifs is 1. The van der Waals surface area contributed by atoms with Crippen LogP contribution in [0.2, 0.25) is 0 Å². The standard InChI is InChI=1S/C25H23N2.C19H15.2C7H7.Hf/c1-17-14-18(2)25(19(3)15-17)26-16-21-10-7-13-24(27-21)23-12-6-9-20-8-4-5-11-22(20)23;1-4-10-16(11-5-1)19(17-12-6-2-7-13-17)18-14-8-3-9-15-18;2*1-7-5-3-2-4-6-7;/h4-15H,16H2,1-3H3;1-15H;2*2-6H,1H2;/q4*-1;. The fourth-order valence-corrected chi connectivity index (χ4v) is 7.02. The van der Waals surface area contributed by atoms with Crippen LogP contribution in [0.3, 0.4) is 0 Å². The molecule has 0 aliphatic carbocycles. The third-order valence-electron chi connectivity index (χ3n) is 9.78. The molecular formula is C58H52HfN2-4. The molecule has 0 radical (unpaired) electrons. The first-order valence-corrected chi connectivity index (χ1v) is 20.3. The average molecular weight is 956 g/mol. The first-order valence-electron chi connectivity index (χ1n) is 20.3. The summed E-state index contributed by atoms with van der Waals surface area (Å²) in [4.78, 5) is 4.89. The molecule has 1 aromatic heterocycles. The van der Waals surface area contributed by atoms with Crippen molar-refractivity contribution in [2.45, 2.75) is 27.3 Å². The first kappa shape index (κ1) is 45.5. The van der Waals surface area contributed by atoms with Crippen molar-refractivity contribution in [1.82, 2.24) is 4.98 Å². The molecule has 0 amide bonds. The Bertz CT molecular complexity index is 2470. The smallest absolute Gasteiger partial charge is 0.0710 e. The fraction of sp³-hybridized carbons (Fsp3) is 0.0690. The van der Waals surface area contributed by atoms with Crippen molar-refractivity contribution in [2.24, 2.45) is 0 Å². The summed E-state index contributed by atoms with van der Waals surface area (Å²) in [6.07, 6.45) is 0. The SMILES string of the molecule is Cc1cc(C)c([N-]Cc2cccc(-c3cccc4ccccc34)n2)c(C)c1.[CH2-]c1ccccc1.[CH2-]c1ccccc1.[Hf].c1ccc([C-](c2ccccc2)c2ccccc2)cc1. The molecule has 61 heavy (non-hydrogen) atoms. The van der Waals surface area contributed by atoms with Gasteiger partial charge in [0.05, 0.1) is 5.69 Å². The van der Waals surface area contributed by atoms with Crippen molar-refractivity contribution < 1.29 is 25.8 Å². The van der Waals surface area contributed by atoms with Crippen LogP contribution in [0.15, 0.2) is 224 Å². The van der Waals surface area contributed by atoms with E-state index in [4.69, 9.17) is 10.3 Å². The summed E-state index contributed by atoms with van der Waals surface area (Å²) in [7, 11) is 0. The molecule has 0 atom stereocenters. The van der Waals surface area contributed by atoms with Crippen molar-refractivity contribution in [3.05, 3.63) is 300 Å². The number of hydrogen-bond donors (Lipinski definition) is 0. The molecule has 1 heterocycles. The van der Waals surface area contributed by atoms with Gasteiger partial charge in [0.25, 0.3) is 0 Å². The quantitative estimate of drug-likeness (QED) is 0.0888. The zero-order valence-corrected chi connectivity index (χ0v) is 39.0. The summed E-state index contributed by atoms with van der Waals surface area (Å²) < 4.78 is 0. The second-order valence-corrected chi connectivity index (χ2v) is 14.5. The van der Waals surface area contributed by atoms with Gasteiger partial charge in [-0.3, -0.25) is 4.98 Å². The molecular weight excluding hydrogens is 903 g/mol. The molecule has 0 saturated carbocycles. The van der Waals surface area contributed by atoms with Gasteiger partial charge in [0.15, 0.2) is 0 Å². The summed E-state index contributed by atoms with van der Waals surface area (Å²) in [6.45, 7) is 14.4. The maximum atomic E-state index is 4.89. The van der Waals surface area contributed by atoms with Gasteiger partial charge in [-0.25, -0.2) is 0 Å². The monoisotopic (exact) mass is 956 g/mol. The number of hydrogen-bond acceptors (Lipinski definition) is 1. The van der Waals surface area contributed by atoms with Crippen LogP contribution in [0.4, 0.5) is 5.69 Å². The van der Waals surface area contributed by atoms with Crippen LogP contribution in [0.25, 0.3) is 27.3 Å². The molecule has 302 valence electrons. The largest absolute Gasteiger partial charge is 0.679 e. The van der Waals surface area contributed by atoms with E-state index >= 15 is 0 Å². The van der Waals surface area contributed by atoms with Crippen LogP contribution < -0.4 is 0 Å². The average Bonchev–Trinajstić information content (AvgIpc) is 3.28. The van der Waals surface area contributed by atoms with Gasteiger partial charge in [-0.2, -0.15) is 49.2 Å². The normalized spacial score (nSPS) is 9.95. The van der Waals surface area contributed by atoms with Crippen LogP contribution in [0, 0.1) is 40.5 Å². The molecule has 0 aliphatic heterocycles. The maximum absolute atomic E-state index is 4.89. The van der Waals surface area contributed by atoms with Gasteiger partial charge < -0.3 is 5.32 Å². The minimum Gasteiger partial charge on any atom is -0.679 e. The van der Waals surface area contributed by atoms with Gasteiger partial charge >= 0.3 is 0 Å². The zero-order chi connectivity index (χ0) is 41.9. The first-order chi connectivity index (χ1) is 29.4. The predicted octanol–water partition coefficient (Wildman–Crippen LogP) is 15.5. The van der Waals surface area contributed by atoms with Gasteiger partial charge in [0.1, 0.15) is 0 Å². The Morgan fingerprint density at radius 1 is 0.459 bits per heavy atom. The van der Waals surface area contributed by atoms with E-state index in [-0.39, 0.29) is 25.8 Å². The third kappa shape index (κ3) is 13.7. The van der Waals surface area contributed by atoms with Gasteiger partial charge in [0.2, 0.25) is 0 Å². The van der Waals surface area contributed by atoms with Crippen LogP contribution in [-0.2, 0) is 32.4 Å². The van der Waals surface area contributed by atoms with Crippen LogP contribution in [0.5, 0.6) is 0 Å². The van der Waals surface area contributed by atoms with E-state index in [2.05, 4.69) is 198 Å². The Morgan fingerprint density at radius 2 is 0.869 bits per heavy atom. The van der Waals surface area contributed by atoms with Crippen LogP contribution in [-0.4, -0.2) is 4.98 Å². The second kappa shape index (κ2) is 23.9. The maximum Gasteiger partial charge on any atom is 0.0710 e. The van der Waals surface area contributed by atoms with E-state index in [1.54, 1.807) is 0 Å². The molecule has 0 bridgehead atoms. The number of aryl methyl sites for hydroxylation is 3. The van der Waals surface area contributed by atoms with E-state index < -0.39 is 0 Å². The molecule has 9 rings (SSSR count). The molecule has 0 unspecified atom stereocenters. The van der Waals surface area contributed by atoms with Crippen molar-refractivity contribution in [2.75, 3.05) is 0 Å². The van der Waals surface area contributed by atoms with Crippen LogP contribution >= 0.6 is 0 Å². The number of pyridine rings is 1. The third-order valence-corrected chi connectivity index (χ3v) is 9.78. The number of aromatic nitrogens is 1. The number of rotatable bonds is 7. The topological polar surface area (TPSA) is 27.0 Å². The zero-order valence-electron chi connectivity index (χ0n) is 35.4. The molecule has 2 nitrogen and oxygen atoms in total. The van der Waals surface area contributed by atoms with Crippen molar-refractivity contribution in [1.29, 1.82) is 0 Å². The van der Waals surface area contributed by atoms with Gasteiger partial charge in [-0.1, -0.05) is 210 Å². The van der Waals surface area contributed by atoms with E-state index in [9.17, 15) is 0 Å². The Hall–Kier alpha value is -6.55. The van der Waals surface area contributed by atoms with E-state index in [0.29, 0.717) is 6.54 Å². The Balaban J connectivity index is 0.000000178. The van der Waals surface area contributed by atoms with Crippen molar-refractivity contribution in [3.63, 3.8) is 0 Å². The van der Waals surface area contributed by atoms with Crippen LogP contribution in [0.1, 0.15) is 50.2 Å². The molecule has 3 heteroatoms. The van der Waals surface area contributed by atoms with Gasteiger partial charge in [0, 0.05) is 37.1 Å². The molecule has 0 N–H and O–H groups in total. The number of nitrogens with zero attached hydrogens (tertiary/aromatic N) is 2. The Kier molecular flexibility index (Phi) is 17.8. The van der Waals surface area contributed by atoms with Crippen molar-refractivity contribution >= 4 is 16.5 Å². The molecule has 0 spiro atoms. The van der Waals surface area contributed by atoms with E-state index in [1.807, 2.05) is 60.7 Å². The molecule has 9 aromatic rings. The predicted molar refractivity (Wildman–Crippen MR) is 256 cm³/mol. The van der Waals surface area contributed by atoms with Gasteiger partial charge in [-0.05, 0) is 43.7 Å². The van der Waals surface area contributed by atoms with Gasteiger partial charge in [-0.15, -0.1) is 30.0 Å². The summed E-state index contributed by atoms with van der Waals surface area (Å²) in [5, 5.41) is 7.31. The molecule has 0 aliphatic rings. The minimum absolute atomic E-state index is 0.